The molecule has 0 aromatic heterocycles. The summed E-state index contributed by atoms with van der Waals surface area (Å²) in [4.78, 5) is 11.6. The third-order valence-corrected chi connectivity index (χ3v) is 3.10. The van der Waals surface area contributed by atoms with Gasteiger partial charge in [-0.05, 0) is 37.1 Å². The molecular weight excluding hydrogens is 281 g/mol. The van der Waals surface area contributed by atoms with Gasteiger partial charge in [0.15, 0.2) is 0 Å². The Bertz CT molecular complexity index is 447. The highest BCUT2D eigenvalue weighted by atomic mass is 19.4. The molecule has 1 amide bonds. The molecular formula is C15H21F3N2O. The van der Waals surface area contributed by atoms with Crippen LogP contribution in [0.1, 0.15) is 43.2 Å². The van der Waals surface area contributed by atoms with Crippen LogP contribution in [0.2, 0.25) is 0 Å². The van der Waals surface area contributed by atoms with Crippen molar-refractivity contribution >= 4 is 5.91 Å². The van der Waals surface area contributed by atoms with E-state index in [1.807, 2.05) is 0 Å². The summed E-state index contributed by atoms with van der Waals surface area (Å²) in [7, 11) is 0. The Morgan fingerprint density at radius 2 is 1.86 bits per heavy atom. The fourth-order valence-corrected chi connectivity index (χ4v) is 1.93. The van der Waals surface area contributed by atoms with Crippen LogP contribution in [0.15, 0.2) is 24.3 Å². The van der Waals surface area contributed by atoms with E-state index >= 15 is 0 Å². The zero-order valence-corrected chi connectivity index (χ0v) is 11.9. The summed E-state index contributed by atoms with van der Waals surface area (Å²) in [5.41, 5.74) is 5.11. The number of hydrogen-bond donors (Lipinski definition) is 2. The van der Waals surface area contributed by atoms with Crippen molar-refractivity contribution < 1.29 is 18.0 Å². The normalized spacial score (nSPS) is 11.4. The summed E-state index contributed by atoms with van der Waals surface area (Å²) in [6.45, 7) is 0.771. The van der Waals surface area contributed by atoms with E-state index in [0.717, 1.165) is 37.8 Å². The molecule has 118 valence electrons. The first kappa shape index (κ1) is 17.5. The van der Waals surface area contributed by atoms with E-state index in [-0.39, 0.29) is 12.5 Å². The van der Waals surface area contributed by atoms with Crippen LogP contribution in [0, 0.1) is 0 Å². The number of nitrogens with one attached hydrogen (secondary N) is 1. The van der Waals surface area contributed by atoms with Crippen LogP contribution in [-0.2, 0) is 17.5 Å². The zero-order chi connectivity index (χ0) is 15.7. The number of amides is 1. The maximum atomic E-state index is 12.5. The van der Waals surface area contributed by atoms with Gasteiger partial charge < -0.3 is 11.1 Å². The van der Waals surface area contributed by atoms with Crippen LogP contribution in [-0.4, -0.2) is 12.5 Å². The molecule has 0 saturated heterocycles. The van der Waals surface area contributed by atoms with Gasteiger partial charge in [-0.2, -0.15) is 13.2 Å². The molecule has 0 aliphatic rings. The molecule has 0 fully saturated rings. The number of benzene rings is 1. The largest absolute Gasteiger partial charge is 0.416 e. The maximum Gasteiger partial charge on any atom is 0.416 e. The quantitative estimate of drug-likeness (QED) is 0.724. The second-order valence-electron chi connectivity index (χ2n) is 4.93. The SMILES string of the molecule is NCCCCCCC(=O)NCc1cccc(C(F)(F)F)c1. The van der Waals surface area contributed by atoms with Gasteiger partial charge >= 0.3 is 6.18 Å². The lowest BCUT2D eigenvalue weighted by molar-refractivity contribution is -0.137. The number of nitrogens with two attached hydrogens (primary N) is 1. The predicted molar refractivity (Wildman–Crippen MR) is 75.4 cm³/mol. The monoisotopic (exact) mass is 302 g/mol. The van der Waals surface area contributed by atoms with Gasteiger partial charge in [0.1, 0.15) is 0 Å². The molecule has 0 radical (unpaired) electrons. The van der Waals surface area contributed by atoms with Crippen LogP contribution in [0.3, 0.4) is 0 Å². The van der Waals surface area contributed by atoms with Gasteiger partial charge in [-0.15, -0.1) is 0 Å². The van der Waals surface area contributed by atoms with Gasteiger partial charge in [-0.1, -0.05) is 25.0 Å². The third-order valence-electron chi connectivity index (χ3n) is 3.10. The van der Waals surface area contributed by atoms with E-state index < -0.39 is 11.7 Å². The van der Waals surface area contributed by atoms with E-state index in [1.165, 1.54) is 6.07 Å². The lowest BCUT2D eigenvalue weighted by atomic mass is 10.1. The Hall–Kier alpha value is -1.56. The van der Waals surface area contributed by atoms with Crippen LogP contribution in [0.4, 0.5) is 13.2 Å². The second-order valence-corrected chi connectivity index (χ2v) is 4.93. The smallest absolute Gasteiger partial charge is 0.352 e. The van der Waals surface area contributed by atoms with Crippen molar-refractivity contribution in [1.29, 1.82) is 0 Å². The van der Waals surface area contributed by atoms with Gasteiger partial charge in [-0.3, -0.25) is 4.79 Å². The fraction of sp³-hybridized carbons (Fsp3) is 0.533. The molecule has 0 bridgehead atoms. The first-order valence-corrected chi connectivity index (χ1v) is 7.06. The number of carbonyl (C=O) groups excluding carboxylic acids is 1. The highest BCUT2D eigenvalue weighted by molar-refractivity contribution is 5.75. The zero-order valence-electron chi connectivity index (χ0n) is 11.9. The molecule has 3 N–H and O–H groups in total. The van der Waals surface area contributed by atoms with Crippen molar-refractivity contribution in [3.05, 3.63) is 35.4 Å². The molecule has 0 atom stereocenters. The molecule has 1 aromatic carbocycles. The summed E-state index contributed by atoms with van der Waals surface area (Å²) >= 11 is 0. The number of halogens is 3. The van der Waals surface area contributed by atoms with E-state index in [9.17, 15) is 18.0 Å². The molecule has 0 aliphatic carbocycles. The standard InChI is InChI=1S/C15H21F3N2O/c16-15(17,18)13-7-5-6-12(10-13)11-20-14(21)8-3-1-2-4-9-19/h5-7,10H,1-4,8-9,11,19H2,(H,20,21). The molecule has 3 nitrogen and oxygen atoms in total. The minimum Gasteiger partial charge on any atom is -0.352 e. The third kappa shape index (κ3) is 7.13. The van der Waals surface area contributed by atoms with Crippen molar-refractivity contribution in [3.63, 3.8) is 0 Å². The van der Waals surface area contributed by atoms with Crippen molar-refractivity contribution in [2.45, 2.75) is 44.8 Å². The Morgan fingerprint density at radius 3 is 2.52 bits per heavy atom. The summed E-state index contributed by atoms with van der Waals surface area (Å²) in [6.07, 6.45) is -0.307. The predicted octanol–water partition coefficient (Wildman–Crippen LogP) is 3.23. The first-order valence-electron chi connectivity index (χ1n) is 7.06. The van der Waals surface area contributed by atoms with Crippen molar-refractivity contribution in [1.82, 2.24) is 5.32 Å². The number of alkyl halides is 3. The van der Waals surface area contributed by atoms with Gasteiger partial charge in [0.2, 0.25) is 5.91 Å². The second kappa shape index (κ2) is 8.67. The molecule has 0 spiro atoms. The molecule has 1 rings (SSSR count). The molecule has 6 heteroatoms. The van der Waals surface area contributed by atoms with Gasteiger partial charge in [0.05, 0.1) is 5.56 Å². The van der Waals surface area contributed by atoms with Crippen LogP contribution in [0.5, 0.6) is 0 Å². The minimum absolute atomic E-state index is 0.117. The topological polar surface area (TPSA) is 55.1 Å². The summed E-state index contributed by atoms with van der Waals surface area (Å²) in [5.74, 6) is -0.139. The Kier molecular flexibility index (Phi) is 7.22. The number of hydrogen-bond acceptors (Lipinski definition) is 2. The average molecular weight is 302 g/mol. The van der Waals surface area contributed by atoms with E-state index in [1.54, 1.807) is 6.07 Å². The number of unbranched alkanes of at least 4 members (excludes halogenated alkanes) is 3. The van der Waals surface area contributed by atoms with Gasteiger partial charge in [-0.25, -0.2) is 0 Å². The molecule has 1 aromatic rings. The van der Waals surface area contributed by atoms with Crippen LogP contribution in [0.25, 0.3) is 0 Å². The highest BCUT2D eigenvalue weighted by Gasteiger charge is 2.30. The van der Waals surface area contributed by atoms with Crippen molar-refractivity contribution in [3.8, 4) is 0 Å². The highest BCUT2D eigenvalue weighted by Crippen LogP contribution is 2.29. The minimum atomic E-state index is -4.36. The van der Waals surface area contributed by atoms with E-state index in [0.29, 0.717) is 18.5 Å². The maximum absolute atomic E-state index is 12.5. The van der Waals surface area contributed by atoms with Gasteiger partial charge in [0.25, 0.3) is 0 Å². The average Bonchev–Trinajstić information content (AvgIpc) is 2.44. The Labute approximate surface area is 122 Å². The lowest BCUT2D eigenvalue weighted by Crippen LogP contribution is -2.22. The first-order chi connectivity index (χ1) is 9.93. The molecule has 0 aliphatic heterocycles. The molecule has 21 heavy (non-hydrogen) atoms. The number of carbonyl (C=O) groups is 1. The summed E-state index contributed by atoms with van der Waals surface area (Å²) < 4.78 is 37.6. The van der Waals surface area contributed by atoms with E-state index in [2.05, 4.69) is 5.32 Å². The summed E-state index contributed by atoms with van der Waals surface area (Å²) in [5, 5.41) is 2.64. The van der Waals surface area contributed by atoms with Gasteiger partial charge in [0, 0.05) is 13.0 Å². The van der Waals surface area contributed by atoms with Crippen LogP contribution < -0.4 is 11.1 Å². The number of rotatable bonds is 8. The van der Waals surface area contributed by atoms with Crippen molar-refractivity contribution in [2.75, 3.05) is 6.54 Å². The Balaban J connectivity index is 2.33. The fourth-order valence-electron chi connectivity index (χ4n) is 1.93. The van der Waals surface area contributed by atoms with Crippen molar-refractivity contribution in [2.24, 2.45) is 5.73 Å². The van der Waals surface area contributed by atoms with Crippen LogP contribution >= 0.6 is 0 Å². The Morgan fingerprint density at radius 1 is 1.14 bits per heavy atom. The lowest BCUT2D eigenvalue weighted by Gasteiger charge is -2.09. The molecule has 0 heterocycles. The molecule has 0 unspecified atom stereocenters. The summed E-state index contributed by atoms with van der Waals surface area (Å²) in [6, 6.07) is 4.98. The molecule has 0 saturated carbocycles. The van der Waals surface area contributed by atoms with E-state index in [4.69, 9.17) is 5.73 Å².